The number of carbonyl (C=O) groups is 1. The zero-order chi connectivity index (χ0) is 15.2. The molecule has 0 aliphatic heterocycles. The molecule has 1 aromatic rings. The number of nitrogens with zero attached hydrogens (tertiary/aromatic N) is 3. The Bertz CT molecular complexity index is 541. The highest BCUT2D eigenvalue weighted by Gasteiger charge is 2.37. The first-order valence-corrected chi connectivity index (χ1v) is 5.99. The number of esters is 1. The summed E-state index contributed by atoms with van der Waals surface area (Å²) in [6.45, 7) is 1.47. The van der Waals surface area contributed by atoms with Gasteiger partial charge in [-0.3, -0.25) is 4.79 Å². The molecule has 20 heavy (non-hydrogen) atoms. The number of ether oxygens (including phenoxy) is 1. The first-order chi connectivity index (χ1) is 9.52. The summed E-state index contributed by atoms with van der Waals surface area (Å²) in [5, 5.41) is 28.0. The van der Waals surface area contributed by atoms with Crippen molar-refractivity contribution in [2.24, 2.45) is 0 Å². The van der Waals surface area contributed by atoms with Crippen LogP contribution < -0.4 is 4.90 Å². The summed E-state index contributed by atoms with van der Waals surface area (Å²) in [4.78, 5) is 12.9. The maximum Gasteiger partial charge on any atom is 0.325 e. The van der Waals surface area contributed by atoms with Gasteiger partial charge in [0.05, 0.1) is 7.11 Å². The summed E-state index contributed by atoms with van der Waals surface area (Å²) in [6, 6.07) is 9.83. The molecule has 0 aromatic heterocycles. The molecule has 0 aliphatic rings. The summed E-state index contributed by atoms with van der Waals surface area (Å²) in [5.41, 5.74) is -0.983. The molecule has 0 fully saturated rings. The van der Waals surface area contributed by atoms with Crippen LogP contribution in [0.3, 0.4) is 0 Å². The van der Waals surface area contributed by atoms with Crippen LogP contribution in [0.15, 0.2) is 24.3 Å². The Balaban J connectivity index is 3.28. The number of methoxy groups -OCH3 is 1. The lowest BCUT2D eigenvalue weighted by Gasteiger charge is -2.33. The van der Waals surface area contributed by atoms with Gasteiger partial charge in [0.1, 0.15) is 24.4 Å². The Morgan fingerprint density at radius 1 is 1.35 bits per heavy atom. The van der Waals surface area contributed by atoms with E-state index in [0.29, 0.717) is 5.69 Å². The minimum Gasteiger partial charge on any atom is -0.508 e. The molecular formula is C14H15N3O3. The second-order valence-electron chi connectivity index (χ2n) is 4.12. The summed E-state index contributed by atoms with van der Waals surface area (Å²) in [6.07, 6.45) is 0.220. The molecule has 0 atom stereocenters. The second kappa shape index (κ2) is 6.44. The quantitative estimate of drug-likeness (QED) is 0.818. The Hall–Kier alpha value is -2.73. The van der Waals surface area contributed by atoms with E-state index < -0.39 is 11.5 Å². The number of carbonyl (C=O) groups excluding carboxylic acids is 1. The number of anilines is 1. The highest BCUT2D eigenvalue weighted by Crippen LogP contribution is 2.27. The molecule has 0 saturated carbocycles. The first-order valence-electron chi connectivity index (χ1n) is 5.99. The molecule has 0 heterocycles. The van der Waals surface area contributed by atoms with Gasteiger partial charge in [-0.05, 0) is 30.7 Å². The van der Waals surface area contributed by atoms with Crippen LogP contribution in [0.1, 0.15) is 13.3 Å². The summed E-state index contributed by atoms with van der Waals surface area (Å²) in [7, 11) is 1.24. The SMILES string of the molecule is CCC(C#N)(C#N)N(CC(=O)OC)c1ccc(O)cc1. The molecule has 6 heteroatoms. The number of hydrogen-bond donors (Lipinski definition) is 1. The lowest BCUT2D eigenvalue weighted by Crippen LogP contribution is -2.49. The van der Waals surface area contributed by atoms with Crippen LogP contribution in [0.5, 0.6) is 5.75 Å². The van der Waals surface area contributed by atoms with E-state index in [9.17, 15) is 20.4 Å². The van der Waals surface area contributed by atoms with Crippen molar-refractivity contribution >= 4 is 11.7 Å². The van der Waals surface area contributed by atoms with Gasteiger partial charge >= 0.3 is 5.97 Å². The van der Waals surface area contributed by atoms with Crippen LogP contribution in [0, 0.1) is 22.7 Å². The molecule has 0 radical (unpaired) electrons. The Labute approximate surface area is 117 Å². The van der Waals surface area contributed by atoms with Gasteiger partial charge in [-0.1, -0.05) is 6.92 Å². The van der Waals surface area contributed by atoms with E-state index in [2.05, 4.69) is 4.74 Å². The van der Waals surface area contributed by atoms with Crippen molar-refractivity contribution in [3.05, 3.63) is 24.3 Å². The maximum atomic E-state index is 11.5. The largest absolute Gasteiger partial charge is 0.508 e. The van der Waals surface area contributed by atoms with Crippen LogP contribution >= 0.6 is 0 Å². The van der Waals surface area contributed by atoms with Crippen LogP contribution in [0.2, 0.25) is 0 Å². The lowest BCUT2D eigenvalue weighted by atomic mass is 9.96. The Morgan fingerprint density at radius 3 is 2.30 bits per heavy atom. The minimum atomic E-state index is -1.47. The van der Waals surface area contributed by atoms with Crippen molar-refractivity contribution < 1.29 is 14.6 Å². The van der Waals surface area contributed by atoms with Gasteiger partial charge in [0, 0.05) is 5.69 Å². The molecule has 0 aliphatic carbocycles. The zero-order valence-corrected chi connectivity index (χ0v) is 11.3. The average Bonchev–Trinajstić information content (AvgIpc) is 2.49. The average molecular weight is 273 g/mol. The van der Waals surface area contributed by atoms with Crippen molar-refractivity contribution in [1.82, 2.24) is 0 Å². The van der Waals surface area contributed by atoms with E-state index in [0.717, 1.165) is 0 Å². The summed E-state index contributed by atoms with van der Waals surface area (Å²) < 4.78 is 4.61. The number of nitriles is 2. The Morgan fingerprint density at radius 2 is 1.90 bits per heavy atom. The first kappa shape index (κ1) is 15.3. The molecular weight excluding hydrogens is 258 g/mol. The number of phenols is 1. The third kappa shape index (κ3) is 2.99. The van der Waals surface area contributed by atoms with E-state index in [-0.39, 0.29) is 18.7 Å². The Kier molecular flexibility index (Phi) is 4.94. The highest BCUT2D eigenvalue weighted by molar-refractivity contribution is 5.77. The van der Waals surface area contributed by atoms with Gasteiger partial charge in [0.25, 0.3) is 0 Å². The number of aromatic hydroxyl groups is 1. The molecule has 0 bridgehead atoms. The van der Waals surface area contributed by atoms with Gasteiger partial charge in [-0.2, -0.15) is 10.5 Å². The topological polar surface area (TPSA) is 97.4 Å². The fourth-order valence-corrected chi connectivity index (χ4v) is 1.77. The van der Waals surface area contributed by atoms with Crippen molar-refractivity contribution in [3.63, 3.8) is 0 Å². The van der Waals surface area contributed by atoms with Crippen LogP contribution in [-0.4, -0.2) is 30.3 Å². The van der Waals surface area contributed by atoms with Gasteiger partial charge in [-0.15, -0.1) is 0 Å². The molecule has 0 unspecified atom stereocenters. The van der Waals surface area contributed by atoms with E-state index in [1.54, 1.807) is 6.92 Å². The third-order valence-corrected chi connectivity index (χ3v) is 3.02. The number of phenolic OH excluding ortho intramolecular Hbond substituents is 1. The summed E-state index contributed by atoms with van der Waals surface area (Å²) >= 11 is 0. The fourth-order valence-electron chi connectivity index (χ4n) is 1.77. The van der Waals surface area contributed by atoms with Gasteiger partial charge in [0.2, 0.25) is 5.54 Å². The minimum absolute atomic E-state index is 0.0581. The molecule has 0 amide bonds. The van der Waals surface area contributed by atoms with Gasteiger partial charge in [0.15, 0.2) is 0 Å². The standard InChI is InChI=1S/C14H15N3O3/c1-3-14(9-15,10-16)17(8-13(19)20-2)11-4-6-12(18)7-5-11/h4-7,18H,3,8H2,1-2H3. The maximum absolute atomic E-state index is 11.5. The van der Waals surface area contributed by atoms with Crippen molar-refractivity contribution in [2.45, 2.75) is 18.9 Å². The molecule has 1 rings (SSSR count). The predicted octanol–water partition coefficient (Wildman–Crippen LogP) is 1.57. The fraction of sp³-hybridized carbons (Fsp3) is 0.357. The molecule has 1 aromatic carbocycles. The third-order valence-electron chi connectivity index (χ3n) is 3.02. The van der Waals surface area contributed by atoms with E-state index >= 15 is 0 Å². The molecule has 104 valence electrons. The van der Waals surface area contributed by atoms with Crippen LogP contribution in [-0.2, 0) is 9.53 Å². The second-order valence-corrected chi connectivity index (χ2v) is 4.12. The van der Waals surface area contributed by atoms with Crippen LogP contribution in [0.25, 0.3) is 0 Å². The monoisotopic (exact) mass is 273 g/mol. The molecule has 0 saturated heterocycles. The van der Waals surface area contributed by atoms with Crippen LogP contribution in [0.4, 0.5) is 5.69 Å². The molecule has 6 nitrogen and oxygen atoms in total. The van der Waals surface area contributed by atoms with Crippen molar-refractivity contribution in [1.29, 1.82) is 10.5 Å². The number of hydrogen-bond acceptors (Lipinski definition) is 6. The number of benzene rings is 1. The predicted molar refractivity (Wildman–Crippen MR) is 71.7 cm³/mol. The van der Waals surface area contributed by atoms with Gasteiger partial charge in [-0.25, -0.2) is 0 Å². The highest BCUT2D eigenvalue weighted by atomic mass is 16.5. The van der Waals surface area contributed by atoms with Crippen molar-refractivity contribution in [2.75, 3.05) is 18.6 Å². The molecule has 1 N–H and O–H groups in total. The smallest absolute Gasteiger partial charge is 0.325 e. The molecule has 0 spiro atoms. The van der Waals surface area contributed by atoms with Gasteiger partial charge < -0.3 is 14.7 Å². The normalized spacial score (nSPS) is 10.2. The lowest BCUT2D eigenvalue weighted by molar-refractivity contribution is -0.139. The van der Waals surface area contributed by atoms with E-state index in [1.165, 1.54) is 36.3 Å². The summed E-state index contributed by atoms with van der Waals surface area (Å²) in [5.74, 6) is -0.496. The van der Waals surface area contributed by atoms with E-state index in [4.69, 9.17) is 0 Å². The number of rotatable bonds is 5. The zero-order valence-electron chi connectivity index (χ0n) is 11.3. The van der Waals surface area contributed by atoms with E-state index in [1.807, 2.05) is 12.1 Å². The van der Waals surface area contributed by atoms with Crippen molar-refractivity contribution in [3.8, 4) is 17.9 Å².